The molecule has 3 heteroatoms. The van der Waals surface area contributed by atoms with Gasteiger partial charge in [0, 0.05) is 22.9 Å². The highest BCUT2D eigenvalue weighted by Gasteiger charge is 2.26. The van der Waals surface area contributed by atoms with Crippen LogP contribution in [0.5, 0.6) is 0 Å². The van der Waals surface area contributed by atoms with Crippen molar-refractivity contribution in [3.63, 3.8) is 0 Å². The van der Waals surface area contributed by atoms with Crippen LogP contribution in [0, 0.1) is 6.92 Å². The molecule has 3 rings (SSSR count). The summed E-state index contributed by atoms with van der Waals surface area (Å²) >= 11 is 0. The molecular weight excluding hydrogens is 222 g/mol. The first-order valence-electron chi connectivity index (χ1n) is 6.05. The maximum Gasteiger partial charge on any atom is 0.116 e. The zero-order valence-corrected chi connectivity index (χ0v) is 10.8. The summed E-state index contributed by atoms with van der Waals surface area (Å²) in [7, 11) is 0. The van der Waals surface area contributed by atoms with Gasteiger partial charge in [-0.25, -0.2) is 9.97 Å². The molecule has 2 aromatic rings. The van der Waals surface area contributed by atoms with Crippen LogP contribution in [0.4, 0.5) is 5.69 Å². The standard InChI is InChI=1S/C15H15N3/c1-10-6-13(18-9-17-10)11-4-5-12-14(7-11)16-8-15(12,2)3/h4-9H,1-3H3. The first-order chi connectivity index (χ1) is 8.56. The van der Waals surface area contributed by atoms with Crippen molar-refractivity contribution < 1.29 is 0 Å². The minimum absolute atomic E-state index is 0.0372. The second kappa shape index (κ2) is 3.73. The first kappa shape index (κ1) is 11.1. The predicted molar refractivity (Wildman–Crippen MR) is 73.4 cm³/mol. The molecule has 2 heterocycles. The maximum absolute atomic E-state index is 4.49. The minimum atomic E-state index is 0.0372. The van der Waals surface area contributed by atoms with E-state index in [0.29, 0.717) is 0 Å². The van der Waals surface area contributed by atoms with Crippen LogP contribution in [0.2, 0.25) is 0 Å². The van der Waals surface area contributed by atoms with E-state index in [4.69, 9.17) is 0 Å². The molecule has 0 aliphatic carbocycles. The summed E-state index contributed by atoms with van der Waals surface area (Å²) in [6.45, 7) is 6.33. The molecule has 0 atom stereocenters. The van der Waals surface area contributed by atoms with Crippen LogP contribution in [0.3, 0.4) is 0 Å². The lowest BCUT2D eigenvalue weighted by atomic mass is 9.86. The minimum Gasteiger partial charge on any atom is -0.260 e. The fraction of sp³-hybridized carbons (Fsp3) is 0.267. The third kappa shape index (κ3) is 1.72. The number of benzene rings is 1. The summed E-state index contributed by atoms with van der Waals surface area (Å²) in [6.07, 6.45) is 3.61. The van der Waals surface area contributed by atoms with Crippen LogP contribution in [-0.4, -0.2) is 16.2 Å². The van der Waals surface area contributed by atoms with Gasteiger partial charge in [-0.1, -0.05) is 26.0 Å². The van der Waals surface area contributed by atoms with Gasteiger partial charge in [-0.05, 0) is 24.6 Å². The highest BCUT2D eigenvalue weighted by Crippen LogP contribution is 2.38. The van der Waals surface area contributed by atoms with Gasteiger partial charge in [0.2, 0.25) is 0 Å². The largest absolute Gasteiger partial charge is 0.260 e. The summed E-state index contributed by atoms with van der Waals surface area (Å²) < 4.78 is 0. The zero-order chi connectivity index (χ0) is 12.8. The molecule has 0 radical (unpaired) electrons. The maximum atomic E-state index is 4.49. The van der Waals surface area contributed by atoms with Crippen molar-refractivity contribution >= 4 is 11.9 Å². The van der Waals surface area contributed by atoms with E-state index in [1.807, 2.05) is 19.2 Å². The van der Waals surface area contributed by atoms with Gasteiger partial charge in [0.1, 0.15) is 6.33 Å². The highest BCUT2D eigenvalue weighted by molar-refractivity contribution is 5.86. The molecular formula is C15H15N3. The van der Waals surface area contributed by atoms with Crippen LogP contribution in [-0.2, 0) is 5.41 Å². The molecule has 0 amide bonds. The lowest BCUT2D eigenvalue weighted by molar-refractivity contribution is 0.753. The molecule has 3 nitrogen and oxygen atoms in total. The number of nitrogens with zero attached hydrogens (tertiary/aromatic N) is 3. The molecule has 18 heavy (non-hydrogen) atoms. The highest BCUT2D eigenvalue weighted by atomic mass is 14.8. The number of aryl methyl sites for hydroxylation is 1. The van der Waals surface area contributed by atoms with Crippen molar-refractivity contribution in [3.8, 4) is 11.3 Å². The average Bonchev–Trinajstić information content (AvgIpc) is 2.65. The predicted octanol–water partition coefficient (Wildman–Crippen LogP) is 3.45. The van der Waals surface area contributed by atoms with Crippen molar-refractivity contribution in [3.05, 3.63) is 41.9 Å². The van der Waals surface area contributed by atoms with Crippen molar-refractivity contribution in [1.82, 2.24) is 9.97 Å². The Balaban J connectivity index is 2.10. The zero-order valence-electron chi connectivity index (χ0n) is 10.8. The van der Waals surface area contributed by atoms with E-state index in [2.05, 4.69) is 47.0 Å². The number of aromatic nitrogens is 2. The normalized spacial score (nSPS) is 15.7. The van der Waals surface area contributed by atoms with E-state index in [0.717, 1.165) is 22.6 Å². The van der Waals surface area contributed by atoms with Gasteiger partial charge in [-0.3, -0.25) is 4.99 Å². The summed E-state index contributed by atoms with van der Waals surface area (Å²) in [4.78, 5) is 12.9. The molecule has 0 saturated heterocycles. The van der Waals surface area contributed by atoms with Gasteiger partial charge in [-0.15, -0.1) is 0 Å². The van der Waals surface area contributed by atoms with Gasteiger partial charge in [0.15, 0.2) is 0 Å². The number of rotatable bonds is 1. The summed E-state index contributed by atoms with van der Waals surface area (Å²) in [5.41, 5.74) is 5.38. The topological polar surface area (TPSA) is 38.1 Å². The number of fused-ring (bicyclic) bond motifs is 1. The molecule has 0 fully saturated rings. The van der Waals surface area contributed by atoms with Crippen molar-refractivity contribution in [2.24, 2.45) is 4.99 Å². The Bertz CT molecular complexity index is 642. The Kier molecular flexibility index (Phi) is 2.30. The molecule has 0 bridgehead atoms. The molecule has 0 saturated carbocycles. The van der Waals surface area contributed by atoms with E-state index in [1.54, 1.807) is 6.33 Å². The SMILES string of the molecule is Cc1cc(-c2ccc3c(c2)N=CC3(C)C)ncn1. The van der Waals surface area contributed by atoms with Crippen molar-refractivity contribution in [2.45, 2.75) is 26.2 Å². The van der Waals surface area contributed by atoms with Gasteiger partial charge in [0.05, 0.1) is 11.4 Å². The number of aliphatic imine (C=N–C) groups is 1. The Morgan fingerprint density at radius 3 is 2.67 bits per heavy atom. The average molecular weight is 237 g/mol. The van der Waals surface area contributed by atoms with Crippen LogP contribution in [0.15, 0.2) is 35.6 Å². The van der Waals surface area contributed by atoms with E-state index in [-0.39, 0.29) is 5.41 Å². The second-order valence-electron chi connectivity index (χ2n) is 5.26. The third-order valence-corrected chi connectivity index (χ3v) is 3.32. The molecule has 0 unspecified atom stereocenters. The fourth-order valence-corrected chi connectivity index (χ4v) is 2.26. The van der Waals surface area contributed by atoms with Crippen LogP contribution in [0.1, 0.15) is 25.1 Å². The van der Waals surface area contributed by atoms with Gasteiger partial charge < -0.3 is 0 Å². The summed E-state index contributed by atoms with van der Waals surface area (Å²) in [5, 5.41) is 0. The van der Waals surface area contributed by atoms with Crippen LogP contribution in [0.25, 0.3) is 11.3 Å². The Labute approximate surface area is 107 Å². The second-order valence-corrected chi connectivity index (χ2v) is 5.26. The quantitative estimate of drug-likeness (QED) is 0.762. The molecule has 0 N–H and O–H groups in total. The first-order valence-corrected chi connectivity index (χ1v) is 6.05. The molecule has 0 spiro atoms. The van der Waals surface area contributed by atoms with Gasteiger partial charge in [-0.2, -0.15) is 0 Å². The fourth-order valence-electron chi connectivity index (χ4n) is 2.26. The summed E-state index contributed by atoms with van der Waals surface area (Å²) in [6, 6.07) is 8.35. The number of hydrogen-bond acceptors (Lipinski definition) is 3. The third-order valence-electron chi connectivity index (χ3n) is 3.32. The number of hydrogen-bond donors (Lipinski definition) is 0. The Morgan fingerprint density at radius 1 is 1.06 bits per heavy atom. The van der Waals surface area contributed by atoms with E-state index < -0.39 is 0 Å². The Hall–Kier alpha value is -2.03. The van der Waals surface area contributed by atoms with Crippen molar-refractivity contribution in [2.75, 3.05) is 0 Å². The van der Waals surface area contributed by atoms with Gasteiger partial charge >= 0.3 is 0 Å². The van der Waals surface area contributed by atoms with Crippen LogP contribution < -0.4 is 0 Å². The van der Waals surface area contributed by atoms with Crippen molar-refractivity contribution in [1.29, 1.82) is 0 Å². The lowest BCUT2D eigenvalue weighted by Gasteiger charge is -2.15. The molecule has 1 aromatic heterocycles. The molecule has 1 aromatic carbocycles. The molecule has 1 aliphatic rings. The van der Waals surface area contributed by atoms with Crippen LogP contribution >= 0.6 is 0 Å². The molecule has 90 valence electrons. The van der Waals surface area contributed by atoms with E-state index >= 15 is 0 Å². The Morgan fingerprint density at radius 2 is 1.89 bits per heavy atom. The summed E-state index contributed by atoms with van der Waals surface area (Å²) in [5.74, 6) is 0. The van der Waals surface area contributed by atoms with E-state index in [9.17, 15) is 0 Å². The monoisotopic (exact) mass is 237 g/mol. The lowest BCUT2D eigenvalue weighted by Crippen LogP contribution is -2.14. The van der Waals surface area contributed by atoms with E-state index in [1.165, 1.54) is 5.56 Å². The molecule has 1 aliphatic heterocycles. The smallest absolute Gasteiger partial charge is 0.116 e. The van der Waals surface area contributed by atoms with Gasteiger partial charge in [0.25, 0.3) is 0 Å².